The van der Waals surface area contributed by atoms with Crippen molar-refractivity contribution in [3.05, 3.63) is 90.5 Å². The Morgan fingerprint density at radius 2 is 1.97 bits per heavy atom. The monoisotopic (exact) mass is 499 g/mol. The number of benzene rings is 3. The smallest absolute Gasteiger partial charge is 0.223 e. The van der Waals surface area contributed by atoms with Gasteiger partial charge in [-0.1, -0.05) is 24.0 Å². The fourth-order valence-corrected chi connectivity index (χ4v) is 4.61. The van der Waals surface area contributed by atoms with Gasteiger partial charge in [-0.15, -0.1) is 0 Å². The second kappa shape index (κ2) is 10.2. The summed E-state index contributed by atoms with van der Waals surface area (Å²) in [4.78, 5) is 26.8. The van der Waals surface area contributed by atoms with Gasteiger partial charge in [-0.25, -0.2) is 9.97 Å². The maximum atomic E-state index is 11.8. The topological polar surface area (TPSA) is 80.2 Å². The largest absolute Gasteiger partial charge is 0.456 e. The van der Waals surface area contributed by atoms with Crippen LogP contribution < -0.4 is 10.1 Å². The van der Waals surface area contributed by atoms with Crippen molar-refractivity contribution in [2.24, 2.45) is 0 Å². The lowest BCUT2D eigenvalue weighted by atomic mass is 10.1. The fraction of sp³-hybridized carbons (Fsp3) is 0.161. The van der Waals surface area contributed by atoms with Crippen LogP contribution in [0.5, 0.6) is 11.5 Å². The Morgan fingerprint density at radius 1 is 1.03 bits per heavy atom. The highest BCUT2D eigenvalue weighted by atomic mass is 16.5. The van der Waals surface area contributed by atoms with Gasteiger partial charge in [-0.2, -0.15) is 0 Å². The molecule has 0 bridgehead atoms. The second-order valence-corrected chi connectivity index (χ2v) is 9.24. The average molecular weight is 500 g/mol. The molecule has 1 aliphatic rings. The molecule has 3 aromatic carbocycles. The summed E-state index contributed by atoms with van der Waals surface area (Å²) in [5.41, 5.74) is 3.55. The number of likely N-dealkylation sites (tertiary alicyclic amines) is 1. The summed E-state index contributed by atoms with van der Waals surface area (Å²) in [5.74, 6) is 8.72. The van der Waals surface area contributed by atoms with Gasteiger partial charge in [0.2, 0.25) is 5.91 Å². The molecule has 0 saturated carbocycles. The van der Waals surface area contributed by atoms with E-state index in [9.17, 15) is 4.79 Å². The van der Waals surface area contributed by atoms with Crippen LogP contribution in [0.4, 0.5) is 11.5 Å². The number of nitrogens with one attached hydrogen (secondary N) is 1. The number of carbonyl (C=O) groups excluding carboxylic acids is 1. The Bertz CT molecular complexity index is 1730. The molecule has 7 heteroatoms. The van der Waals surface area contributed by atoms with Crippen LogP contribution in [0.25, 0.3) is 21.7 Å². The van der Waals surface area contributed by atoms with Gasteiger partial charge in [0.1, 0.15) is 23.6 Å². The first-order valence-electron chi connectivity index (χ1n) is 12.5. The molecule has 2 aromatic heterocycles. The van der Waals surface area contributed by atoms with Crippen molar-refractivity contribution < 1.29 is 9.53 Å². The van der Waals surface area contributed by atoms with E-state index in [2.05, 4.69) is 32.1 Å². The number of carbonyl (C=O) groups is 1. The zero-order valence-corrected chi connectivity index (χ0v) is 20.9. The lowest BCUT2D eigenvalue weighted by Gasteiger charge is -2.13. The van der Waals surface area contributed by atoms with Crippen LogP contribution in [0.2, 0.25) is 0 Å². The molecule has 0 atom stereocenters. The van der Waals surface area contributed by atoms with Crippen molar-refractivity contribution in [2.75, 3.05) is 18.4 Å². The van der Waals surface area contributed by atoms with Gasteiger partial charge in [0.15, 0.2) is 0 Å². The standard InChI is InChI=1S/C31H25N5O2/c1-21-17-24(10-12-28(21)38-29-7-2-6-23-13-14-32-19-26(23)29)35-31-25-18-22(9-11-27(25)33-20-34-31)5-3-15-36-16-4-8-30(36)37/h2,6-7,9-14,17-20H,4,8,15-16H2,1H3,(H,33,34,35). The molecule has 0 aliphatic carbocycles. The third-order valence-electron chi connectivity index (χ3n) is 6.61. The third-order valence-corrected chi connectivity index (χ3v) is 6.61. The Morgan fingerprint density at radius 3 is 2.84 bits per heavy atom. The number of hydrogen-bond acceptors (Lipinski definition) is 6. The third kappa shape index (κ3) is 4.84. The van der Waals surface area contributed by atoms with E-state index in [1.54, 1.807) is 17.4 Å². The van der Waals surface area contributed by atoms with E-state index >= 15 is 0 Å². The molecule has 1 aliphatic heterocycles. The van der Waals surface area contributed by atoms with E-state index < -0.39 is 0 Å². The van der Waals surface area contributed by atoms with Crippen LogP contribution in [0.3, 0.4) is 0 Å². The van der Waals surface area contributed by atoms with Crippen molar-refractivity contribution in [2.45, 2.75) is 19.8 Å². The first-order valence-corrected chi connectivity index (χ1v) is 12.5. The number of fused-ring (bicyclic) bond motifs is 2. The molecule has 6 rings (SSSR count). The van der Waals surface area contributed by atoms with Gasteiger partial charge in [-0.3, -0.25) is 9.78 Å². The molecule has 0 spiro atoms. The molecule has 5 aromatic rings. The van der Waals surface area contributed by atoms with Crippen LogP contribution in [0, 0.1) is 18.8 Å². The number of aromatic nitrogens is 3. The Balaban J connectivity index is 1.23. The van der Waals surface area contributed by atoms with Crippen molar-refractivity contribution in [3.8, 4) is 23.3 Å². The molecule has 186 valence electrons. The number of aryl methyl sites for hydroxylation is 1. The molecule has 1 saturated heterocycles. The predicted molar refractivity (Wildman–Crippen MR) is 149 cm³/mol. The Labute approximate surface area is 220 Å². The van der Waals surface area contributed by atoms with E-state index in [0.29, 0.717) is 18.8 Å². The highest BCUT2D eigenvalue weighted by molar-refractivity contribution is 5.92. The summed E-state index contributed by atoms with van der Waals surface area (Å²) in [7, 11) is 0. The highest BCUT2D eigenvalue weighted by Crippen LogP contribution is 2.33. The summed E-state index contributed by atoms with van der Waals surface area (Å²) >= 11 is 0. The van der Waals surface area contributed by atoms with Gasteiger partial charge < -0.3 is 15.0 Å². The lowest BCUT2D eigenvalue weighted by molar-refractivity contribution is -0.127. The minimum Gasteiger partial charge on any atom is -0.456 e. The maximum Gasteiger partial charge on any atom is 0.223 e. The summed E-state index contributed by atoms with van der Waals surface area (Å²) in [6, 6.07) is 19.8. The van der Waals surface area contributed by atoms with Gasteiger partial charge in [0.05, 0.1) is 12.1 Å². The summed E-state index contributed by atoms with van der Waals surface area (Å²) < 4.78 is 6.26. The molecule has 1 N–H and O–H groups in total. The average Bonchev–Trinajstić information content (AvgIpc) is 3.35. The zero-order valence-electron chi connectivity index (χ0n) is 20.9. The summed E-state index contributed by atoms with van der Waals surface area (Å²) in [6.45, 7) is 3.26. The van der Waals surface area contributed by atoms with Gasteiger partial charge in [0, 0.05) is 47.4 Å². The highest BCUT2D eigenvalue weighted by Gasteiger charge is 2.18. The SMILES string of the molecule is Cc1cc(Nc2ncnc3ccc(C#CCN4CCCC4=O)cc23)ccc1Oc1cccc2ccncc12. The Hall–Kier alpha value is -4.96. The van der Waals surface area contributed by atoms with Crippen LogP contribution >= 0.6 is 0 Å². The minimum atomic E-state index is 0.179. The summed E-state index contributed by atoms with van der Waals surface area (Å²) in [6.07, 6.45) is 6.68. The summed E-state index contributed by atoms with van der Waals surface area (Å²) in [5, 5.41) is 6.35. The number of amides is 1. The van der Waals surface area contributed by atoms with E-state index in [1.807, 2.05) is 73.8 Å². The van der Waals surface area contributed by atoms with Gasteiger partial charge in [-0.05, 0) is 72.8 Å². The van der Waals surface area contributed by atoms with Gasteiger partial charge >= 0.3 is 0 Å². The maximum absolute atomic E-state index is 11.8. The quantitative estimate of drug-likeness (QED) is 0.299. The van der Waals surface area contributed by atoms with Crippen LogP contribution in [0.15, 0.2) is 79.4 Å². The predicted octanol–water partition coefficient (Wildman–Crippen LogP) is 6.00. The van der Waals surface area contributed by atoms with Crippen molar-refractivity contribution >= 4 is 39.1 Å². The molecule has 1 fully saturated rings. The number of hydrogen-bond donors (Lipinski definition) is 1. The number of nitrogens with zero attached hydrogens (tertiary/aromatic N) is 4. The van der Waals surface area contributed by atoms with Crippen molar-refractivity contribution in [3.63, 3.8) is 0 Å². The number of anilines is 2. The van der Waals surface area contributed by atoms with E-state index in [1.165, 1.54) is 0 Å². The van der Waals surface area contributed by atoms with Gasteiger partial charge in [0.25, 0.3) is 0 Å². The molecule has 0 unspecified atom stereocenters. The normalized spacial score (nSPS) is 13.0. The molecule has 38 heavy (non-hydrogen) atoms. The molecule has 1 amide bonds. The minimum absolute atomic E-state index is 0.179. The molecular weight excluding hydrogens is 474 g/mol. The zero-order chi connectivity index (χ0) is 25.9. The number of ether oxygens (including phenoxy) is 1. The van der Waals surface area contributed by atoms with Crippen LogP contribution in [-0.4, -0.2) is 38.8 Å². The van der Waals surface area contributed by atoms with E-state index in [4.69, 9.17) is 4.74 Å². The van der Waals surface area contributed by atoms with E-state index in [-0.39, 0.29) is 5.91 Å². The van der Waals surface area contributed by atoms with Crippen molar-refractivity contribution in [1.82, 2.24) is 19.9 Å². The first-order chi connectivity index (χ1) is 18.6. The fourth-order valence-electron chi connectivity index (χ4n) is 4.61. The van der Waals surface area contributed by atoms with Crippen LogP contribution in [0.1, 0.15) is 24.0 Å². The second-order valence-electron chi connectivity index (χ2n) is 9.24. The van der Waals surface area contributed by atoms with Crippen molar-refractivity contribution in [1.29, 1.82) is 0 Å². The van der Waals surface area contributed by atoms with E-state index in [0.717, 1.165) is 63.0 Å². The molecule has 0 radical (unpaired) electrons. The van der Waals surface area contributed by atoms with Crippen LogP contribution in [-0.2, 0) is 4.79 Å². The number of pyridine rings is 1. The Kier molecular flexibility index (Phi) is 6.29. The molecular formula is C31H25N5O2. The lowest BCUT2D eigenvalue weighted by Crippen LogP contribution is -2.24. The first kappa shape index (κ1) is 23.4. The number of rotatable bonds is 5. The molecule has 7 nitrogen and oxygen atoms in total. The molecule has 3 heterocycles.